The Kier molecular flexibility index (Phi) is 4.16. The number of ether oxygens (including phenoxy) is 1. The summed E-state index contributed by atoms with van der Waals surface area (Å²) in [5, 5.41) is 0. The van der Waals surface area contributed by atoms with Crippen molar-refractivity contribution in [2.24, 2.45) is 11.7 Å². The summed E-state index contributed by atoms with van der Waals surface area (Å²) in [6.45, 7) is 4.96. The Balaban J connectivity index is 1.62. The molecule has 2 aliphatic rings. The Hall–Kier alpha value is -0.900. The van der Waals surface area contributed by atoms with Crippen LogP contribution in [0.25, 0.3) is 0 Å². The van der Waals surface area contributed by atoms with Gasteiger partial charge in [0.1, 0.15) is 0 Å². The van der Waals surface area contributed by atoms with Crippen LogP contribution in [-0.2, 0) is 17.7 Å². The molecule has 0 radical (unpaired) electrons. The number of nitrogens with zero attached hydrogens (tertiary/aromatic N) is 1. The summed E-state index contributed by atoms with van der Waals surface area (Å²) < 4.78 is 5.45. The van der Waals surface area contributed by atoms with Crippen LogP contribution in [0.3, 0.4) is 0 Å². The third-order valence-corrected chi connectivity index (χ3v) is 4.47. The first-order chi connectivity index (χ1) is 9.33. The highest BCUT2D eigenvalue weighted by atomic mass is 16.5. The van der Waals surface area contributed by atoms with Crippen molar-refractivity contribution in [3.05, 3.63) is 35.4 Å². The number of aryl methyl sites for hydroxylation is 1. The van der Waals surface area contributed by atoms with Crippen LogP contribution in [-0.4, -0.2) is 37.2 Å². The van der Waals surface area contributed by atoms with Gasteiger partial charge >= 0.3 is 0 Å². The Bertz CT molecular complexity index is 415. The average molecular weight is 260 g/mol. The van der Waals surface area contributed by atoms with Gasteiger partial charge in [-0.3, -0.25) is 4.90 Å². The predicted octanol–water partition coefficient (Wildman–Crippen LogP) is 1.80. The Morgan fingerprint density at radius 1 is 1.32 bits per heavy atom. The summed E-state index contributed by atoms with van der Waals surface area (Å²) in [5.74, 6) is 0.554. The van der Waals surface area contributed by atoms with Gasteiger partial charge in [0.15, 0.2) is 0 Å². The molecule has 1 aromatic rings. The van der Waals surface area contributed by atoms with Crippen molar-refractivity contribution in [1.82, 2.24) is 4.90 Å². The molecule has 0 aliphatic carbocycles. The van der Waals surface area contributed by atoms with Crippen molar-refractivity contribution in [1.29, 1.82) is 0 Å². The number of hydrogen-bond donors (Lipinski definition) is 1. The van der Waals surface area contributed by atoms with Gasteiger partial charge in [0.25, 0.3) is 0 Å². The second kappa shape index (κ2) is 6.04. The molecule has 2 N–H and O–H groups in total. The highest BCUT2D eigenvalue weighted by molar-refractivity contribution is 5.28. The molecule has 0 amide bonds. The molecule has 1 aromatic carbocycles. The normalized spacial score (nSPS) is 25.8. The Labute approximate surface area is 115 Å². The van der Waals surface area contributed by atoms with Gasteiger partial charge in [-0.2, -0.15) is 0 Å². The van der Waals surface area contributed by atoms with Gasteiger partial charge in [-0.25, -0.2) is 0 Å². The summed E-state index contributed by atoms with van der Waals surface area (Å²) in [7, 11) is 0. The van der Waals surface area contributed by atoms with Crippen molar-refractivity contribution < 1.29 is 4.74 Å². The average Bonchev–Trinajstić information content (AvgIpc) is 2.87. The summed E-state index contributed by atoms with van der Waals surface area (Å²) in [5.41, 5.74) is 9.36. The van der Waals surface area contributed by atoms with Gasteiger partial charge in [0.2, 0.25) is 0 Å². The van der Waals surface area contributed by atoms with Gasteiger partial charge in [-0.05, 0) is 36.9 Å². The van der Waals surface area contributed by atoms with E-state index in [1.165, 1.54) is 24.0 Å². The summed E-state index contributed by atoms with van der Waals surface area (Å²) >= 11 is 0. The van der Waals surface area contributed by atoms with E-state index in [1.807, 2.05) is 0 Å². The van der Waals surface area contributed by atoms with Gasteiger partial charge in [0.05, 0.1) is 6.61 Å². The van der Waals surface area contributed by atoms with Crippen LogP contribution in [0.1, 0.15) is 24.0 Å². The molecule has 0 aromatic heterocycles. The topological polar surface area (TPSA) is 38.5 Å². The molecule has 3 nitrogen and oxygen atoms in total. The maximum absolute atomic E-state index is 6.36. The van der Waals surface area contributed by atoms with E-state index in [-0.39, 0.29) is 6.04 Å². The van der Waals surface area contributed by atoms with E-state index in [4.69, 9.17) is 10.5 Å². The molecule has 2 atom stereocenters. The lowest BCUT2D eigenvalue weighted by Crippen LogP contribution is -2.42. The zero-order valence-electron chi connectivity index (χ0n) is 11.6. The summed E-state index contributed by atoms with van der Waals surface area (Å²) in [6, 6.07) is 9.08. The largest absolute Gasteiger partial charge is 0.381 e. The van der Waals surface area contributed by atoms with Crippen LogP contribution in [0, 0.1) is 5.92 Å². The van der Waals surface area contributed by atoms with E-state index in [2.05, 4.69) is 29.2 Å². The minimum atomic E-state index is 0.257. The van der Waals surface area contributed by atoms with Crippen LogP contribution in [0.5, 0.6) is 0 Å². The number of benzene rings is 1. The van der Waals surface area contributed by atoms with Crippen LogP contribution in [0.15, 0.2) is 24.3 Å². The number of rotatable bonds is 3. The maximum atomic E-state index is 6.36. The van der Waals surface area contributed by atoms with E-state index < -0.39 is 0 Å². The highest BCUT2D eigenvalue weighted by Crippen LogP contribution is 2.21. The third-order valence-electron chi connectivity index (χ3n) is 4.47. The molecule has 3 rings (SSSR count). The molecule has 2 aliphatic heterocycles. The standard InChI is InChI=1S/C16H24N2O/c17-16(15-7-9-19-12-15)11-18-8-3-6-13-4-1-2-5-14(13)10-18/h1-2,4-5,15-16H,3,6-12,17H2. The quantitative estimate of drug-likeness (QED) is 0.900. The maximum Gasteiger partial charge on any atom is 0.0510 e. The molecule has 2 heterocycles. The fourth-order valence-corrected chi connectivity index (χ4v) is 3.26. The van der Waals surface area contributed by atoms with Crippen molar-refractivity contribution >= 4 is 0 Å². The molecular weight excluding hydrogens is 236 g/mol. The summed E-state index contributed by atoms with van der Waals surface area (Å²) in [4.78, 5) is 2.52. The molecule has 1 fully saturated rings. The smallest absolute Gasteiger partial charge is 0.0510 e. The molecular formula is C16H24N2O. The SMILES string of the molecule is NC(CN1CCCc2ccccc2C1)C1CCOC1. The van der Waals surface area contributed by atoms with Crippen LogP contribution in [0.2, 0.25) is 0 Å². The van der Waals surface area contributed by atoms with Gasteiger partial charge in [0, 0.05) is 31.7 Å². The van der Waals surface area contributed by atoms with E-state index in [0.717, 1.165) is 39.3 Å². The molecule has 19 heavy (non-hydrogen) atoms. The zero-order valence-corrected chi connectivity index (χ0v) is 11.6. The Morgan fingerprint density at radius 2 is 2.16 bits per heavy atom. The molecule has 0 bridgehead atoms. The second-order valence-electron chi connectivity index (χ2n) is 5.89. The van der Waals surface area contributed by atoms with E-state index in [1.54, 1.807) is 0 Å². The van der Waals surface area contributed by atoms with Crippen molar-refractivity contribution in [3.63, 3.8) is 0 Å². The van der Waals surface area contributed by atoms with Crippen molar-refractivity contribution in [3.8, 4) is 0 Å². The number of fused-ring (bicyclic) bond motifs is 1. The number of nitrogens with two attached hydrogens (primary N) is 1. The van der Waals surface area contributed by atoms with Gasteiger partial charge < -0.3 is 10.5 Å². The lowest BCUT2D eigenvalue weighted by atomic mass is 9.99. The van der Waals surface area contributed by atoms with Gasteiger partial charge in [-0.1, -0.05) is 24.3 Å². The first kappa shape index (κ1) is 13.1. The third kappa shape index (κ3) is 3.16. The van der Waals surface area contributed by atoms with Gasteiger partial charge in [-0.15, -0.1) is 0 Å². The fourth-order valence-electron chi connectivity index (χ4n) is 3.26. The van der Waals surface area contributed by atoms with E-state index in [0.29, 0.717) is 5.92 Å². The first-order valence-corrected chi connectivity index (χ1v) is 7.45. The van der Waals surface area contributed by atoms with E-state index in [9.17, 15) is 0 Å². The number of hydrogen-bond acceptors (Lipinski definition) is 3. The zero-order chi connectivity index (χ0) is 13.1. The predicted molar refractivity (Wildman–Crippen MR) is 76.9 cm³/mol. The minimum Gasteiger partial charge on any atom is -0.381 e. The molecule has 3 heteroatoms. The minimum absolute atomic E-state index is 0.257. The van der Waals surface area contributed by atoms with Crippen LogP contribution in [0.4, 0.5) is 0 Å². The lowest BCUT2D eigenvalue weighted by molar-refractivity contribution is 0.168. The van der Waals surface area contributed by atoms with E-state index >= 15 is 0 Å². The van der Waals surface area contributed by atoms with Crippen molar-refractivity contribution in [2.45, 2.75) is 31.8 Å². The van der Waals surface area contributed by atoms with Crippen LogP contribution < -0.4 is 5.73 Å². The second-order valence-corrected chi connectivity index (χ2v) is 5.89. The summed E-state index contributed by atoms with van der Waals surface area (Å²) in [6.07, 6.45) is 3.57. The Morgan fingerprint density at radius 3 is 2.95 bits per heavy atom. The van der Waals surface area contributed by atoms with Crippen molar-refractivity contribution in [2.75, 3.05) is 26.3 Å². The molecule has 104 valence electrons. The molecule has 0 spiro atoms. The molecule has 2 unspecified atom stereocenters. The molecule has 0 saturated carbocycles. The van der Waals surface area contributed by atoms with Crippen LogP contribution >= 0.6 is 0 Å². The molecule has 1 saturated heterocycles. The lowest BCUT2D eigenvalue weighted by Gasteiger charge is -2.27. The first-order valence-electron chi connectivity index (χ1n) is 7.45. The fraction of sp³-hybridized carbons (Fsp3) is 0.625. The highest BCUT2D eigenvalue weighted by Gasteiger charge is 2.25. The monoisotopic (exact) mass is 260 g/mol.